The molecule has 1 atom stereocenters. The van der Waals surface area contributed by atoms with Crippen LogP contribution < -0.4 is 5.32 Å². The van der Waals surface area contributed by atoms with Gasteiger partial charge in [-0.15, -0.1) is 22.7 Å². The number of aromatic nitrogens is 2. The van der Waals surface area contributed by atoms with Crippen LogP contribution in [0.2, 0.25) is 0 Å². The van der Waals surface area contributed by atoms with Crippen LogP contribution in [0, 0.1) is 0 Å². The predicted molar refractivity (Wildman–Crippen MR) is 73.8 cm³/mol. The van der Waals surface area contributed by atoms with E-state index in [2.05, 4.69) is 45.8 Å². The number of nitrogens with one attached hydrogen (secondary N) is 1. The van der Waals surface area contributed by atoms with Crippen LogP contribution in [0.1, 0.15) is 17.8 Å². The van der Waals surface area contributed by atoms with E-state index in [4.69, 9.17) is 0 Å². The molecule has 0 radical (unpaired) electrons. The van der Waals surface area contributed by atoms with Gasteiger partial charge >= 0.3 is 0 Å². The molecule has 0 amide bonds. The van der Waals surface area contributed by atoms with Crippen LogP contribution in [0.15, 0.2) is 35.3 Å². The number of rotatable bonds is 3. The Morgan fingerprint density at radius 2 is 2.12 bits per heavy atom. The topological polar surface area (TPSA) is 37.8 Å². The molecule has 3 aromatic heterocycles. The van der Waals surface area contributed by atoms with Gasteiger partial charge in [-0.3, -0.25) is 0 Å². The number of thiophene rings is 2. The molecule has 0 saturated heterocycles. The largest absolute Gasteiger partial charge is 0.362 e. The van der Waals surface area contributed by atoms with E-state index in [-0.39, 0.29) is 6.04 Å². The average molecular weight is 261 g/mol. The summed E-state index contributed by atoms with van der Waals surface area (Å²) >= 11 is 3.39. The molecule has 1 N–H and O–H groups in total. The van der Waals surface area contributed by atoms with Crippen molar-refractivity contribution < 1.29 is 0 Å². The first-order valence-electron chi connectivity index (χ1n) is 5.33. The third kappa shape index (κ3) is 2.03. The lowest BCUT2D eigenvalue weighted by Crippen LogP contribution is -2.06. The Hall–Kier alpha value is -1.46. The second-order valence-corrected chi connectivity index (χ2v) is 5.62. The summed E-state index contributed by atoms with van der Waals surface area (Å²) in [5, 5.41) is 8.67. The monoisotopic (exact) mass is 261 g/mol. The molecule has 17 heavy (non-hydrogen) atoms. The molecular formula is C12H11N3S2. The number of hydrogen-bond acceptors (Lipinski definition) is 5. The molecule has 0 aliphatic carbocycles. The third-order valence-electron chi connectivity index (χ3n) is 2.58. The van der Waals surface area contributed by atoms with Gasteiger partial charge < -0.3 is 5.32 Å². The molecule has 0 saturated carbocycles. The number of anilines is 1. The molecule has 3 heterocycles. The summed E-state index contributed by atoms with van der Waals surface area (Å²) in [6, 6.07) is 6.53. The fourth-order valence-corrected chi connectivity index (χ4v) is 3.19. The van der Waals surface area contributed by atoms with Gasteiger partial charge in [-0.2, -0.15) is 0 Å². The van der Waals surface area contributed by atoms with Gasteiger partial charge in [-0.25, -0.2) is 9.97 Å². The molecule has 0 aliphatic rings. The molecule has 0 aliphatic heterocycles. The molecule has 0 fully saturated rings. The zero-order valence-electron chi connectivity index (χ0n) is 9.25. The Morgan fingerprint density at radius 1 is 1.18 bits per heavy atom. The Bertz CT molecular complexity index is 616. The number of nitrogens with zero attached hydrogens (tertiary/aromatic N) is 2. The van der Waals surface area contributed by atoms with Crippen LogP contribution in [0.25, 0.3) is 10.2 Å². The molecule has 86 valence electrons. The zero-order valence-corrected chi connectivity index (χ0v) is 10.9. The van der Waals surface area contributed by atoms with Crippen molar-refractivity contribution in [2.45, 2.75) is 13.0 Å². The summed E-state index contributed by atoms with van der Waals surface area (Å²) in [4.78, 5) is 10.9. The molecule has 3 nitrogen and oxygen atoms in total. The van der Waals surface area contributed by atoms with Crippen LogP contribution in [0.5, 0.6) is 0 Å². The first-order valence-corrected chi connectivity index (χ1v) is 7.08. The van der Waals surface area contributed by atoms with Gasteiger partial charge in [0.2, 0.25) is 0 Å². The molecule has 3 aromatic rings. The summed E-state index contributed by atoms with van der Waals surface area (Å²) in [5.41, 5.74) is 0. The van der Waals surface area contributed by atoms with E-state index >= 15 is 0 Å². The van der Waals surface area contributed by atoms with Gasteiger partial charge in [-0.1, -0.05) is 6.07 Å². The lowest BCUT2D eigenvalue weighted by atomic mass is 10.2. The van der Waals surface area contributed by atoms with Gasteiger partial charge in [0, 0.05) is 4.88 Å². The smallest absolute Gasteiger partial charge is 0.138 e. The summed E-state index contributed by atoms with van der Waals surface area (Å²) in [7, 11) is 0. The first kappa shape index (κ1) is 10.7. The maximum absolute atomic E-state index is 4.32. The SMILES string of the molecule is CC(Nc1ncnc2sccc12)c1cccs1. The third-order valence-corrected chi connectivity index (χ3v) is 4.46. The maximum Gasteiger partial charge on any atom is 0.138 e. The molecule has 0 spiro atoms. The minimum Gasteiger partial charge on any atom is -0.362 e. The average Bonchev–Trinajstić information content (AvgIpc) is 3.00. The van der Waals surface area contributed by atoms with Crippen LogP contribution in [-0.2, 0) is 0 Å². The van der Waals surface area contributed by atoms with Crippen LogP contribution in [-0.4, -0.2) is 9.97 Å². The predicted octanol–water partition coefficient (Wildman–Crippen LogP) is 3.93. The normalized spacial score (nSPS) is 12.8. The van der Waals surface area contributed by atoms with Crippen molar-refractivity contribution in [1.29, 1.82) is 0 Å². The van der Waals surface area contributed by atoms with Gasteiger partial charge in [0.05, 0.1) is 11.4 Å². The first-order chi connectivity index (χ1) is 8.34. The van der Waals surface area contributed by atoms with Crippen molar-refractivity contribution in [3.05, 3.63) is 40.2 Å². The van der Waals surface area contributed by atoms with E-state index in [9.17, 15) is 0 Å². The zero-order chi connectivity index (χ0) is 11.7. The quantitative estimate of drug-likeness (QED) is 0.776. The lowest BCUT2D eigenvalue weighted by molar-refractivity contribution is 0.898. The minimum absolute atomic E-state index is 0.271. The van der Waals surface area contributed by atoms with Crippen molar-refractivity contribution in [3.63, 3.8) is 0 Å². The highest BCUT2D eigenvalue weighted by Gasteiger charge is 2.10. The fourth-order valence-electron chi connectivity index (χ4n) is 1.72. The van der Waals surface area contributed by atoms with E-state index < -0.39 is 0 Å². The highest BCUT2D eigenvalue weighted by Crippen LogP contribution is 2.28. The Labute approximate surface area is 107 Å². The van der Waals surface area contributed by atoms with Gasteiger partial charge in [-0.05, 0) is 29.8 Å². The number of fused-ring (bicyclic) bond motifs is 1. The molecular weight excluding hydrogens is 250 g/mol. The van der Waals surface area contributed by atoms with E-state index in [1.807, 2.05) is 5.38 Å². The molecule has 3 rings (SSSR count). The Balaban J connectivity index is 1.92. The van der Waals surface area contributed by atoms with E-state index in [0.717, 1.165) is 16.0 Å². The van der Waals surface area contributed by atoms with E-state index in [0.29, 0.717) is 0 Å². The van der Waals surface area contributed by atoms with Crippen molar-refractivity contribution in [2.75, 3.05) is 5.32 Å². The summed E-state index contributed by atoms with van der Waals surface area (Å²) in [5.74, 6) is 0.914. The van der Waals surface area contributed by atoms with E-state index in [1.54, 1.807) is 29.0 Å². The van der Waals surface area contributed by atoms with Crippen LogP contribution in [0.4, 0.5) is 5.82 Å². The van der Waals surface area contributed by atoms with Gasteiger partial charge in [0.1, 0.15) is 17.0 Å². The Kier molecular flexibility index (Phi) is 2.78. The second kappa shape index (κ2) is 4.43. The second-order valence-electron chi connectivity index (χ2n) is 3.74. The fraction of sp³-hybridized carbons (Fsp3) is 0.167. The van der Waals surface area contributed by atoms with Crippen molar-refractivity contribution >= 4 is 38.7 Å². The summed E-state index contributed by atoms with van der Waals surface area (Å²) < 4.78 is 0. The van der Waals surface area contributed by atoms with Crippen molar-refractivity contribution in [3.8, 4) is 0 Å². The summed E-state index contributed by atoms with van der Waals surface area (Å²) in [6.07, 6.45) is 1.61. The highest BCUT2D eigenvalue weighted by atomic mass is 32.1. The molecule has 0 aromatic carbocycles. The highest BCUT2D eigenvalue weighted by molar-refractivity contribution is 7.16. The molecule has 5 heteroatoms. The van der Waals surface area contributed by atoms with Crippen molar-refractivity contribution in [2.24, 2.45) is 0 Å². The van der Waals surface area contributed by atoms with Crippen LogP contribution >= 0.6 is 22.7 Å². The summed E-state index contributed by atoms with van der Waals surface area (Å²) in [6.45, 7) is 2.14. The maximum atomic E-state index is 4.32. The number of hydrogen-bond donors (Lipinski definition) is 1. The van der Waals surface area contributed by atoms with Crippen LogP contribution in [0.3, 0.4) is 0 Å². The lowest BCUT2D eigenvalue weighted by Gasteiger charge is -2.13. The van der Waals surface area contributed by atoms with Gasteiger partial charge in [0.25, 0.3) is 0 Å². The molecule has 0 bridgehead atoms. The van der Waals surface area contributed by atoms with Gasteiger partial charge in [0.15, 0.2) is 0 Å². The van der Waals surface area contributed by atoms with E-state index in [1.165, 1.54) is 4.88 Å². The standard InChI is InChI=1S/C12H11N3S2/c1-8(10-3-2-5-16-10)15-11-9-4-6-17-12(9)14-7-13-11/h2-8H,1H3,(H,13,14,15). The minimum atomic E-state index is 0.271. The van der Waals surface area contributed by atoms with Crippen molar-refractivity contribution in [1.82, 2.24) is 9.97 Å². The molecule has 1 unspecified atom stereocenters. The Morgan fingerprint density at radius 3 is 2.94 bits per heavy atom.